The maximum atomic E-state index is 11.9. The monoisotopic (exact) mass is 159 g/mol. The molecule has 0 N–H and O–H groups in total. The van der Waals surface area contributed by atoms with E-state index >= 15 is 0 Å². The number of halogens is 2. The van der Waals surface area contributed by atoms with Crippen molar-refractivity contribution >= 4 is 5.71 Å². The van der Waals surface area contributed by atoms with E-state index in [9.17, 15) is 8.78 Å². The summed E-state index contributed by atoms with van der Waals surface area (Å²) in [5.41, 5.74) is 2.61. The summed E-state index contributed by atoms with van der Waals surface area (Å²) in [7, 11) is 1.37. The molecule has 0 bridgehead atoms. The predicted molar refractivity (Wildman–Crippen MR) is 42.3 cm³/mol. The van der Waals surface area contributed by atoms with Crippen LogP contribution in [0, 0.1) is 0 Å². The molecule has 0 fully saturated rings. The predicted octanol–water partition coefficient (Wildman–Crippen LogP) is 2.44. The largest absolute Gasteiger partial charge is 0.291 e. The standard InChI is InChI=1S/C8H11F2N/c1-3-4-5-6-7(11-2)8(9)10/h3,5,8H,6H2,1-2H3. The van der Waals surface area contributed by atoms with Crippen LogP contribution in [0.25, 0.3) is 0 Å². The van der Waals surface area contributed by atoms with E-state index in [1.54, 1.807) is 13.0 Å². The van der Waals surface area contributed by atoms with E-state index in [0.717, 1.165) is 0 Å². The zero-order valence-electron chi connectivity index (χ0n) is 6.64. The summed E-state index contributed by atoms with van der Waals surface area (Å²) < 4.78 is 23.9. The van der Waals surface area contributed by atoms with E-state index < -0.39 is 6.43 Å². The molecule has 0 atom stereocenters. The molecule has 0 aliphatic rings. The van der Waals surface area contributed by atoms with Crippen LogP contribution in [-0.4, -0.2) is 19.2 Å². The van der Waals surface area contributed by atoms with Crippen molar-refractivity contribution < 1.29 is 8.78 Å². The van der Waals surface area contributed by atoms with Gasteiger partial charge in [-0.05, 0) is 19.1 Å². The third kappa shape index (κ3) is 4.45. The number of rotatable bonds is 3. The lowest BCUT2D eigenvalue weighted by Crippen LogP contribution is -2.08. The number of hydrogen-bond donors (Lipinski definition) is 0. The fraction of sp³-hybridized carbons (Fsp3) is 0.500. The van der Waals surface area contributed by atoms with Crippen molar-refractivity contribution in [2.75, 3.05) is 7.05 Å². The van der Waals surface area contributed by atoms with Crippen molar-refractivity contribution in [1.29, 1.82) is 0 Å². The molecule has 0 spiro atoms. The van der Waals surface area contributed by atoms with Gasteiger partial charge in [0.2, 0.25) is 0 Å². The summed E-state index contributed by atoms with van der Waals surface area (Å²) in [6.07, 6.45) is 0.932. The number of nitrogens with zero attached hydrogens (tertiary/aromatic N) is 1. The van der Waals surface area contributed by atoms with Gasteiger partial charge in [0.05, 0.1) is 5.71 Å². The normalized spacial score (nSPS) is 11.2. The van der Waals surface area contributed by atoms with E-state index in [4.69, 9.17) is 0 Å². The van der Waals surface area contributed by atoms with Gasteiger partial charge in [0.15, 0.2) is 0 Å². The van der Waals surface area contributed by atoms with Gasteiger partial charge in [-0.25, -0.2) is 8.78 Å². The third-order valence-corrected chi connectivity index (χ3v) is 1.13. The van der Waals surface area contributed by atoms with Gasteiger partial charge in [-0.1, -0.05) is 0 Å². The van der Waals surface area contributed by atoms with E-state index in [-0.39, 0.29) is 12.1 Å². The first-order chi connectivity index (χ1) is 5.22. The first-order valence-electron chi connectivity index (χ1n) is 3.31. The Morgan fingerprint density at radius 1 is 1.64 bits per heavy atom. The summed E-state index contributed by atoms with van der Waals surface area (Å²) in [6.45, 7) is 1.78. The molecule has 0 aliphatic heterocycles. The fourth-order valence-corrected chi connectivity index (χ4v) is 0.559. The molecule has 3 heteroatoms. The summed E-state index contributed by atoms with van der Waals surface area (Å²) in [6, 6.07) is 0. The van der Waals surface area contributed by atoms with E-state index in [1.807, 2.05) is 0 Å². The maximum Gasteiger partial charge on any atom is 0.276 e. The lowest BCUT2D eigenvalue weighted by atomic mass is 10.2. The molecule has 0 aromatic heterocycles. The highest BCUT2D eigenvalue weighted by atomic mass is 19.3. The lowest BCUT2D eigenvalue weighted by molar-refractivity contribution is 0.223. The van der Waals surface area contributed by atoms with E-state index in [1.165, 1.54) is 13.1 Å². The maximum absolute atomic E-state index is 11.9. The Morgan fingerprint density at radius 3 is 2.64 bits per heavy atom. The molecule has 62 valence electrons. The highest BCUT2D eigenvalue weighted by molar-refractivity contribution is 5.88. The minimum atomic E-state index is -2.45. The SMILES string of the molecule is CC=C=CCC(=NC)C(F)F. The average molecular weight is 159 g/mol. The molecule has 0 amide bonds. The highest BCUT2D eigenvalue weighted by Crippen LogP contribution is 2.00. The van der Waals surface area contributed by atoms with Gasteiger partial charge >= 0.3 is 0 Å². The number of alkyl halides is 2. The quantitative estimate of drug-likeness (QED) is 0.443. The first kappa shape index (κ1) is 10.0. The van der Waals surface area contributed by atoms with E-state index in [2.05, 4.69) is 10.7 Å². The van der Waals surface area contributed by atoms with Gasteiger partial charge in [-0.3, -0.25) is 4.99 Å². The Hall–Kier alpha value is -0.950. The molecular weight excluding hydrogens is 148 g/mol. The van der Waals surface area contributed by atoms with Crippen LogP contribution >= 0.6 is 0 Å². The topological polar surface area (TPSA) is 12.4 Å². The van der Waals surface area contributed by atoms with Crippen molar-refractivity contribution in [2.45, 2.75) is 19.8 Å². The minimum Gasteiger partial charge on any atom is -0.291 e. The van der Waals surface area contributed by atoms with Gasteiger partial charge in [-0.2, -0.15) is 0 Å². The van der Waals surface area contributed by atoms with Crippen LogP contribution in [0.5, 0.6) is 0 Å². The molecule has 0 aliphatic carbocycles. The van der Waals surface area contributed by atoms with Crippen LogP contribution < -0.4 is 0 Å². The molecule has 0 aromatic carbocycles. The van der Waals surface area contributed by atoms with Crippen LogP contribution in [0.3, 0.4) is 0 Å². The second-order valence-electron chi connectivity index (χ2n) is 1.88. The van der Waals surface area contributed by atoms with Crippen molar-refractivity contribution in [3.05, 3.63) is 17.9 Å². The Labute approximate surface area is 65.1 Å². The van der Waals surface area contributed by atoms with Crippen molar-refractivity contribution in [1.82, 2.24) is 0 Å². The van der Waals surface area contributed by atoms with Crippen LogP contribution in [0.2, 0.25) is 0 Å². The van der Waals surface area contributed by atoms with Gasteiger partial charge in [0.1, 0.15) is 0 Å². The van der Waals surface area contributed by atoms with Crippen LogP contribution in [-0.2, 0) is 0 Å². The summed E-state index contributed by atoms with van der Waals surface area (Å²) >= 11 is 0. The smallest absolute Gasteiger partial charge is 0.276 e. The Morgan fingerprint density at radius 2 is 2.27 bits per heavy atom. The highest BCUT2D eigenvalue weighted by Gasteiger charge is 2.08. The first-order valence-corrected chi connectivity index (χ1v) is 3.31. The molecule has 0 radical (unpaired) electrons. The molecule has 0 saturated heterocycles. The lowest BCUT2D eigenvalue weighted by Gasteiger charge is -1.97. The van der Waals surface area contributed by atoms with Gasteiger partial charge in [0.25, 0.3) is 6.43 Å². The molecule has 0 heterocycles. The average Bonchev–Trinajstić information content (AvgIpc) is 1.97. The fourth-order valence-electron chi connectivity index (χ4n) is 0.559. The second-order valence-corrected chi connectivity index (χ2v) is 1.88. The summed E-state index contributed by atoms with van der Waals surface area (Å²) in [5.74, 6) is 0. The molecule has 0 saturated carbocycles. The molecule has 0 rings (SSSR count). The Kier molecular flexibility index (Phi) is 5.30. The number of hydrogen-bond acceptors (Lipinski definition) is 1. The zero-order chi connectivity index (χ0) is 8.69. The van der Waals surface area contributed by atoms with Crippen LogP contribution in [0.15, 0.2) is 22.9 Å². The molecule has 11 heavy (non-hydrogen) atoms. The number of allylic oxidation sites excluding steroid dienone is 1. The van der Waals surface area contributed by atoms with Crippen molar-refractivity contribution in [3.8, 4) is 0 Å². The second kappa shape index (κ2) is 5.81. The van der Waals surface area contributed by atoms with Crippen molar-refractivity contribution in [3.63, 3.8) is 0 Å². The van der Waals surface area contributed by atoms with Gasteiger partial charge in [0, 0.05) is 13.5 Å². The zero-order valence-corrected chi connectivity index (χ0v) is 6.64. The van der Waals surface area contributed by atoms with Crippen LogP contribution in [0.4, 0.5) is 8.78 Å². The summed E-state index contributed by atoms with van der Waals surface area (Å²) in [5, 5.41) is 0. The summed E-state index contributed by atoms with van der Waals surface area (Å²) in [4.78, 5) is 3.44. The van der Waals surface area contributed by atoms with Crippen LogP contribution in [0.1, 0.15) is 13.3 Å². The molecule has 0 unspecified atom stereocenters. The Bertz CT molecular complexity index is 188. The molecule has 0 aromatic rings. The number of aliphatic imine (C=N–C) groups is 1. The van der Waals surface area contributed by atoms with E-state index in [0.29, 0.717) is 0 Å². The minimum absolute atomic E-state index is 0.0978. The van der Waals surface area contributed by atoms with Gasteiger partial charge in [-0.15, -0.1) is 5.73 Å². The van der Waals surface area contributed by atoms with Gasteiger partial charge < -0.3 is 0 Å². The molecule has 1 nitrogen and oxygen atoms in total. The molecular formula is C8H11F2N. The Balaban J connectivity index is 4.01. The third-order valence-electron chi connectivity index (χ3n) is 1.13. The van der Waals surface area contributed by atoms with Crippen molar-refractivity contribution in [2.24, 2.45) is 4.99 Å².